The summed E-state index contributed by atoms with van der Waals surface area (Å²) in [6.07, 6.45) is 0. The number of hydrogen-bond acceptors (Lipinski definition) is 2. The van der Waals surface area contributed by atoms with Crippen LogP contribution in [0.1, 0.15) is 25.3 Å². The van der Waals surface area contributed by atoms with Gasteiger partial charge < -0.3 is 4.90 Å². The van der Waals surface area contributed by atoms with Gasteiger partial charge in [0.1, 0.15) is 5.82 Å². The molecule has 0 bridgehead atoms. The molecule has 1 aromatic heterocycles. The molecule has 0 amide bonds. The minimum Gasteiger partial charge on any atom is -0.343 e. The van der Waals surface area contributed by atoms with Gasteiger partial charge in [0.15, 0.2) is 0 Å². The Hall–Kier alpha value is -2.39. The first-order chi connectivity index (χ1) is 12.1. The van der Waals surface area contributed by atoms with Gasteiger partial charge in [0.05, 0.1) is 15.1 Å². The summed E-state index contributed by atoms with van der Waals surface area (Å²) in [6.45, 7) is 4.42. The second-order valence-electron chi connectivity index (χ2n) is 6.64. The number of anilines is 2. The zero-order chi connectivity index (χ0) is 17.6. The maximum absolute atomic E-state index is 14.2. The van der Waals surface area contributed by atoms with Crippen molar-refractivity contribution >= 4 is 42.9 Å². The normalized spacial score (nSPS) is 11.6. The van der Waals surface area contributed by atoms with Gasteiger partial charge in [-0.3, -0.25) is 0 Å². The Balaban J connectivity index is 1.96. The van der Waals surface area contributed by atoms with Crippen molar-refractivity contribution in [3.63, 3.8) is 0 Å². The molecule has 0 unspecified atom stereocenters. The monoisotopic (exact) mass is 349 g/mol. The molecular weight excluding hydrogens is 329 g/mol. The average Bonchev–Trinajstić information content (AvgIpc) is 3.01. The molecule has 4 rings (SSSR count). The Bertz CT molecular complexity index is 1060. The number of rotatable bonds is 3. The summed E-state index contributed by atoms with van der Waals surface area (Å²) >= 11 is 1.54. The van der Waals surface area contributed by atoms with E-state index in [0.29, 0.717) is 5.92 Å². The van der Waals surface area contributed by atoms with Crippen LogP contribution >= 0.6 is 11.3 Å². The van der Waals surface area contributed by atoms with Gasteiger partial charge in [-0.25, -0.2) is 4.39 Å². The van der Waals surface area contributed by atoms with Gasteiger partial charge in [-0.05, 0) is 29.7 Å². The maximum atomic E-state index is 14.2. The summed E-state index contributed by atoms with van der Waals surface area (Å²) in [5.41, 5.74) is 3.63. The third-order valence-corrected chi connectivity index (χ3v) is 5.99. The van der Waals surface area contributed by atoms with Crippen molar-refractivity contribution < 1.29 is 4.39 Å². The summed E-state index contributed by atoms with van der Waals surface area (Å²) in [6, 6.07) is 20.1. The highest BCUT2D eigenvalue weighted by molar-refractivity contribution is 7.26. The van der Waals surface area contributed by atoms with Crippen molar-refractivity contribution in [2.45, 2.75) is 19.8 Å². The molecule has 1 heterocycles. The molecule has 126 valence electrons. The molecule has 1 nitrogen and oxygen atoms in total. The number of nitrogens with zero attached hydrogens (tertiary/aromatic N) is 1. The van der Waals surface area contributed by atoms with E-state index < -0.39 is 0 Å². The van der Waals surface area contributed by atoms with Crippen LogP contribution in [0.25, 0.3) is 20.2 Å². The first-order valence-electron chi connectivity index (χ1n) is 8.50. The molecule has 25 heavy (non-hydrogen) atoms. The maximum Gasteiger partial charge on any atom is 0.141 e. The lowest BCUT2D eigenvalue weighted by atomic mass is 10.00. The van der Waals surface area contributed by atoms with Crippen LogP contribution in [0.2, 0.25) is 0 Å². The van der Waals surface area contributed by atoms with Crippen molar-refractivity contribution in [1.29, 1.82) is 0 Å². The Kier molecular flexibility index (Phi) is 3.97. The van der Waals surface area contributed by atoms with Crippen LogP contribution in [0, 0.1) is 5.82 Å². The molecule has 0 aliphatic carbocycles. The molecule has 0 aliphatic rings. The van der Waals surface area contributed by atoms with Gasteiger partial charge in [-0.1, -0.05) is 56.3 Å². The van der Waals surface area contributed by atoms with Crippen molar-refractivity contribution in [3.8, 4) is 0 Å². The number of thiophene rings is 1. The summed E-state index contributed by atoms with van der Waals surface area (Å²) in [7, 11) is 2.09. The second-order valence-corrected chi connectivity index (χ2v) is 7.67. The van der Waals surface area contributed by atoms with Crippen LogP contribution in [-0.4, -0.2) is 7.05 Å². The molecule has 0 aliphatic heterocycles. The highest BCUT2D eigenvalue weighted by Crippen LogP contribution is 2.42. The van der Waals surface area contributed by atoms with Crippen molar-refractivity contribution in [2.75, 3.05) is 11.9 Å². The minimum absolute atomic E-state index is 0.144. The van der Waals surface area contributed by atoms with Gasteiger partial charge >= 0.3 is 0 Å². The van der Waals surface area contributed by atoms with Crippen LogP contribution in [0.15, 0.2) is 60.7 Å². The van der Waals surface area contributed by atoms with Gasteiger partial charge in [0.25, 0.3) is 0 Å². The molecule has 0 saturated carbocycles. The SMILES string of the molecule is CC(C)c1ccccc1N(C)c1cccc2c1sc1c(F)cccc12. The van der Waals surface area contributed by atoms with Crippen molar-refractivity contribution in [2.24, 2.45) is 0 Å². The lowest BCUT2D eigenvalue weighted by Gasteiger charge is -2.24. The fourth-order valence-electron chi connectivity index (χ4n) is 3.45. The molecule has 3 heteroatoms. The first-order valence-corrected chi connectivity index (χ1v) is 9.32. The van der Waals surface area contributed by atoms with E-state index in [2.05, 4.69) is 68.3 Å². The number of hydrogen-bond donors (Lipinski definition) is 0. The molecule has 0 saturated heterocycles. The number of fused-ring (bicyclic) bond motifs is 3. The summed E-state index contributed by atoms with van der Waals surface area (Å²) in [5, 5.41) is 2.11. The Morgan fingerprint density at radius 2 is 1.44 bits per heavy atom. The molecule has 0 fully saturated rings. The lowest BCUT2D eigenvalue weighted by molar-refractivity contribution is 0.642. The van der Waals surface area contributed by atoms with Gasteiger partial charge in [0, 0.05) is 23.5 Å². The van der Waals surface area contributed by atoms with Crippen LogP contribution < -0.4 is 4.90 Å². The summed E-state index contributed by atoms with van der Waals surface area (Å²) in [4.78, 5) is 2.23. The van der Waals surface area contributed by atoms with E-state index in [4.69, 9.17) is 0 Å². The zero-order valence-electron chi connectivity index (χ0n) is 14.6. The lowest BCUT2D eigenvalue weighted by Crippen LogP contribution is -2.12. The molecule has 4 aromatic rings. The van der Waals surface area contributed by atoms with Gasteiger partial charge in [-0.15, -0.1) is 11.3 Å². The average molecular weight is 349 g/mol. The second kappa shape index (κ2) is 6.16. The molecule has 0 N–H and O–H groups in total. The first kappa shape index (κ1) is 16.1. The third kappa shape index (κ3) is 2.59. The van der Waals surface area contributed by atoms with Crippen LogP contribution in [-0.2, 0) is 0 Å². The third-order valence-electron chi connectivity index (χ3n) is 4.74. The minimum atomic E-state index is -0.144. The Labute approximate surface area is 151 Å². The van der Waals surface area contributed by atoms with Crippen LogP contribution in [0.5, 0.6) is 0 Å². The highest BCUT2D eigenvalue weighted by atomic mass is 32.1. The quantitative estimate of drug-likeness (QED) is 0.382. The van der Waals surface area contributed by atoms with Crippen LogP contribution in [0.4, 0.5) is 15.8 Å². The predicted molar refractivity (Wildman–Crippen MR) is 108 cm³/mol. The molecule has 0 atom stereocenters. The smallest absolute Gasteiger partial charge is 0.141 e. The molecule has 3 aromatic carbocycles. The number of para-hydroxylation sites is 1. The van der Waals surface area contributed by atoms with E-state index in [1.807, 2.05) is 6.07 Å². The Morgan fingerprint density at radius 1 is 0.800 bits per heavy atom. The van der Waals surface area contributed by atoms with Crippen molar-refractivity contribution in [1.82, 2.24) is 0 Å². The number of benzene rings is 3. The van der Waals surface area contributed by atoms with E-state index >= 15 is 0 Å². The largest absolute Gasteiger partial charge is 0.343 e. The van der Waals surface area contributed by atoms with Crippen molar-refractivity contribution in [3.05, 3.63) is 72.0 Å². The fraction of sp³-hybridized carbons (Fsp3) is 0.182. The summed E-state index contributed by atoms with van der Waals surface area (Å²) < 4.78 is 16.1. The van der Waals surface area contributed by atoms with E-state index in [1.54, 1.807) is 6.07 Å². The van der Waals surface area contributed by atoms with Gasteiger partial charge in [0.2, 0.25) is 0 Å². The summed E-state index contributed by atoms with van der Waals surface area (Å²) in [5.74, 6) is 0.299. The van der Waals surface area contributed by atoms with E-state index in [9.17, 15) is 4.39 Å². The van der Waals surface area contributed by atoms with Gasteiger partial charge in [-0.2, -0.15) is 0 Å². The van der Waals surface area contributed by atoms with E-state index in [0.717, 1.165) is 25.9 Å². The van der Waals surface area contributed by atoms with Crippen LogP contribution in [0.3, 0.4) is 0 Å². The fourth-order valence-corrected chi connectivity index (χ4v) is 4.70. The Morgan fingerprint density at radius 3 is 2.20 bits per heavy atom. The topological polar surface area (TPSA) is 3.24 Å². The predicted octanol–water partition coefficient (Wildman–Crippen LogP) is 7.08. The molecule has 0 spiro atoms. The van der Waals surface area contributed by atoms with E-state index in [1.165, 1.54) is 28.7 Å². The molecule has 0 radical (unpaired) electrons. The number of halogens is 1. The van der Waals surface area contributed by atoms with E-state index in [-0.39, 0.29) is 5.82 Å². The highest BCUT2D eigenvalue weighted by Gasteiger charge is 2.17. The molecular formula is C22H20FNS. The zero-order valence-corrected chi connectivity index (χ0v) is 15.4. The standard InChI is InChI=1S/C22H20FNS/c1-14(2)15-8-4-5-12-19(15)24(3)20-13-7-10-17-16-9-6-11-18(23)21(16)25-22(17)20/h4-14H,1-3H3.